The fourth-order valence-electron chi connectivity index (χ4n) is 7.72. The summed E-state index contributed by atoms with van der Waals surface area (Å²) in [5, 5.41) is 0. The number of hydrogen-bond donors (Lipinski definition) is 0. The SMILES string of the molecule is CCCCC/C=C\CCCCCCCC(=O)OCC(COC(=O)CCCCCCCCC/C=C\CCCCCCCCC)OC(=O)CCCCCCC/C=C\CCCCCCC. The Morgan fingerprint density at radius 1 is 0.306 bits per heavy atom. The van der Waals surface area contributed by atoms with Gasteiger partial charge in [-0.25, -0.2) is 0 Å². The fourth-order valence-corrected chi connectivity index (χ4v) is 7.72. The number of esters is 3. The first-order valence-electron chi connectivity index (χ1n) is 27.0. The van der Waals surface area contributed by atoms with Gasteiger partial charge in [-0.2, -0.15) is 0 Å². The van der Waals surface area contributed by atoms with Gasteiger partial charge >= 0.3 is 17.9 Å². The molecular weight excluding hydrogens is 769 g/mol. The van der Waals surface area contributed by atoms with Crippen LogP contribution in [0.3, 0.4) is 0 Å². The standard InChI is InChI=1S/C56H102O6/c1-4-7-10-13-16-19-22-25-27-28-29-30-32-34-37-40-43-46-49-55(58)61-52-53(51-60-54(57)48-45-42-39-36-33-24-21-18-15-12-9-6-3)62-56(59)50-47-44-41-38-35-31-26-23-20-17-14-11-8-5-2/h18,21,23,26-28,53H,4-17,19-20,22,24-25,29-52H2,1-3H3/b21-18-,26-23-,28-27-. The van der Waals surface area contributed by atoms with Crippen molar-refractivity contribution in [3.63, 3.8) is 0 Å². The summed E-state index contributed by atoms with van der Waals surface area (Å²) in [4.78, 5) is 38.0. The highest BCUT2D eigenvalue weighted by molar-refractivity contribution is 5.71. The predicted molar refractivity (Wildman–Crippen MR) is 266 cm³/mol. The van der Waals surface area contributed by atoms with Gasteiger partial charge < -0.3 is 14.2 Å². The lowest BCUT2D eigenvalue weighted by Crippen LogP contribution is -2.30. The van der Waals surface area contributed by atoms with Crippen LogP contribution >= 0.6 is 0 Å². The molecule has 0 aliphatic rings. The third kappa shape index (κ3) is 48.7. The molecule has 6 nitrogen and oxygen atoms in total. The van der Waals surface area contributed by atoms with E-state index >= 15 is 0 Å². The average molecular weight is 871 g/mol. The lowest BCUT2D eigenvalue weighted by Gasteiger charge is -2.18. The van der Waals surface area contributed by atoms with Crippen molar-refractivity contribution in [2.45, 2.75) is 290 Å². The summed E-state index contributed by atoms with van der Waals surface area (Å²) in [6, 6.07) is 0. The molecule has 0 saturated carbocycles. The van der Waals surface area contributed by atoms with Gasteiger partial charge in [0.25, 0.3) is 0 Å². The van der Waals surface area contributed by atoms with Crippen molar-refractivity contribution in [3.05, 3.63) is 36.5 Å². The molecule has 0 aromatic rings. The number of rotatable bonds is 49. The minimum absolute atomic E-state index is 0.0787. The Morgan fingerprint density at radius 2 is 0.532 bits per heavy atom. The molecule has 0 aliphatic carbocycles. The van der Waals surface area contributed by atoms with Gasteiger partial charge in [-0.1, -0.05) is 205 Å². The van der Waals surface area contributed by atoms with Gasteiger partial charge in [0.2, 0.25) is 0 Å². The number of unbranched alkanes of at least 4 members (excludes halogenated alkanes) is 32. The van der Waals surface area contributed by atoms with Gasteiger partial charge in [0.05, 0.1) is 0 Å². The minimum Gasteiger partial charge on any atom is -0.462 e. The minimum atomic E-state index is -0.779. The van der Waals surface area contributed by atoms with E-state index in [2.05, 4.69) is 57.2 Å². The highest BCUT2D eigenvalue weighted by atomic mass is 16.6. The summed E-state index contributed by atoms with van der Waals surface area (Å²) >= 11 is 0. The zero-order chi connectivity index (χ0) is 45.1. The van der Waals surface area contributed by atoms with E-state index in [1.165, 1.54) is 167 Å². The molecule has 1 unspecified atom stereocenters. The van der Waals surface area contributed by atoms with Crippen molar-refractivity contribution in [2.75, 3.05) is 13.2 Å². The van der Waals surface area contributed by atoms with Crippen LogP contribution in [-0.4, -0.2) is 37.2 Å². The zero-order valence-corrected chi connectivity index (χ0v) is 41.4. The van der Waals surface area contributed by atoms with Crippen LogP contribution in [0, 0.1) is 0 Å². The van der Waals surface area contributed by atoms with Crippen molar-refractivity contribution < 1.29 is 28.6 Å². The summed E-state index contributed by atoms with van der Waals surface area (Å²) in [5.41, 5.74) is 0. The summed E-state index contributed by atoms with van der Waals surface area (Å²) in [6.45, 7) is 6.61. The van der Waals surface area contributed by atoms with Crippen molar-refractivity contribution >= 4 is 17.9 Å². The third-order valence-corrected chi connectivity index (χ3v) is 11.8. The topological polar surface area (TPSA) is 78.9 Å². The molecule has 0 aromatic carbocycles. The second kappa shape index (κ2) is 51.3. The van der Waals surface area contributed by atoms with Crippen LogP contribution in [0.2, 0.25) is 0 Å². The van der Waals surface area contributed by atoms with Crippen LogP contribution in [0.4, 0.5) is 0 Å². The molecule has 6 heteroatoms. The summed E-state index contributed by atoms with van der Waals surface area (Å²) in [5.74, 6) is -0.891. The lowest BCUT2D eigenvalue weighted by atomic mass is 10.1. The van der Waals surface area contributed by atoms with Crippen LogP contribution in [-0.2, 0) is 28.6 Å². The molecule has 0 fully saturated rings. The van der Waals surface area contributed by atoms with Crippen molar-refractivity contribution in [2.24, 2.45) is 0 Å². The first-order valence-corrected chi connectivity index (χ1v) is 27.0. The van der Waals surface area contributed by atoms with Gasteiger partial charge in [0, 0.05) is 19.3 Å². The molecular formula is C56H102O6. The van der Waals surface area contributed by atoms with Crippen molar-refractivity contribution in [3.8, 4) is 0 Å². The number of ether oxygens (including phenoxy) is 3. The molecule has 0 aromatic heterocycles. The van der Waals surface area contributed by atoms with E-state index in [1.807, 2.05) is 0 Å². The highest BCUT2D eigenvalue weighted by Crippen LogP contribution is 2.15. The molecule has 0 amide bonds. The molecule has 0 bridgehead atoms. The molecule has 0 spiro atoms. The third-order valence-electron chi connectivity index (χ3n) is 11.8. The predicted octanol–water partition coefficient (Wildman–Crippen LogP) is 17.7. The van der Waals surface area contributed by atoms with E-state index in [-0.39, 0.29) is 31.1 Å². The molecule has 362 valence electrons. The molecule has 0 rings (SSSR count). The second-order valence-corrected chi connectivity index (χ2v) is 18.1. The van der Waals surface area contributed by atoms with Gasteiger partial charge in [-0.15, -0.1) is 0 Å². The largest absolute Gasteiger partial charge is 0.462 e. The van der Waals surface area contributed by atoms with E-state index in [0.717, 1.165) is 77.0 Å². The quantitative estimate of drug-likeness (QED) is 0.0262. The Labute approximate surface area is 385 Å². The molecule has 1 atom stereocenters. The fraction of sp³-hybridized carbons (Fsp3) is 0.839. The Bertz CT molecular complexity index is 1050. The van der Waals surface area contributed by atoms with Crippen LogP contribution in [0.1, 0.15) is 284 Å². The maximum atomic E-state index is 12.8. The Balaban J connectivity index is 4.35. The number of allylic oxidation sites excluding steroid dienone is 6. The van der Waals surface area contributed by atoms with Gasteiger partial charge in [-0.05, 0) is 96.3 Å². The maximum absolute atomic E-state index is 12.8. The molecule has 0 N–H and O–H groups in total. The van der Waals surface area contributed by atoms with Gasteiger partial charge in [-0.3, -0.25) is 14.4 Å². The Kier molecular flexibility index (Phi) is 49.3. The normalized spacial score (nSPS) is 12.2. The van der Waals surface area contributed by atoms with Crippen molar-refractivity contribution in [1.29, 1.82) is 0 Å². The number of carbonyl (C=O) groups excluding carboxylic acids is 3. The first-order chi connectivity index (χ1) is 30.5. The van der Waals surface area contributed by atoms with E-state index in [1.54, 1.807) is 0 Å². The number of hydrogen-bond acceptors (Lipinski definition) is 6. The van der Waals surface area contributed by atoms with E-state index in [9.17, 15) is 14.4 Å². The van der Waals surface area contributed by atoms with E-state index < -0.39 is 6.10 Å². The molecule has 0 radical (unpaired) electrons. The zero-order valence-electron chi connectivity index (χ0n) is 41.4. The highest BCUT2D eigenvalue weighted by Gasteiger charge is 2.19. The van der Waals surface area contributed by atoms with Crippen LogP contribution in [0.25, 0.3) is 0 Å². The first kappa shape index (κ1) is 59.6. The molecule has 0 aliphatic heterocycles. The molecule has 62 heavy (non-hydrogen) atoms. The average Bonchev–Trinajstić information content (AvgIpc) is 3.27. The summed E-state index contributed by atoms with van der Waals surface area (Å²) in [6.07, 6.45) is 59.8. The second-order valence-electron chi connectivity index (χ2n) is 18.1. The van der Waals surface area contributed by atoms with Gasteiger partial charge in [0.1, 0.15) is 13.2 Å². The van der Waals surface area contributed by atoms with Crippen LogP contribution < -0.4 is 0 Å². The van der Waals surface area contributed by atoms with Crippen LogP contribution in [0.15, 0.2) is 36.5 Å². The molecule has 0 saturated heterocycles. The Morgan fingerprint density at radius 3 is 0.839 bits per heavy atom. The van der Waals surface area contributed by atoms with Crippen LogP contribution in [0.5, 0.6) is 0 Å². The number of carbonyl (C=O) groups is 3. The summed E-state index contributed by atoms with van der Waals surface area (Å²) < 4.78 is 16.8. The smallest absolute Gasteiger partial charge is 0.306 e. The molecule has 0 heterocycles. The van der Waals surface area contributed by atoms with Gasteiger partial charge in [0.15, 0.2) is 6.10 Å². The summed E-state index contributed by atoms with van der Waals surface area (Å²) in [7, 11) is 0. The monoisotopic (exact) mass is 871 g/mol. The van der Waals surface area contributed by atoms with E-state index in [0.29, 0.717) is 19.3 Å². The lowest BCUT2D eigenvalue weighted by molar-refractivity contribution is -0.167. The van der Waals surface area contributed by atoms with Crippen molar-refractivity contribution in [1.82, 2.24) is 0 Å². The van der Waals surface area contributed by atoms with E-state index in [4.69, 9.17) is 14.2 Å². The Hall–Kier alpha value is -2.37. The maximum Gasteiger partial charge on any atom is 0.306 e.